The van der Waals surface area contributed by atoms with Crippen molar-refractivity contribution < 1.29 is 3.63 Å². The van der Waals surface area contributed by atoms with E-state index in [1.165, 1.54) is 23.0 Å². The van der Waals surface area contributed by atoms with Crippen molar-refractivity contribution in [1.29, 1.82) is 0 Å². The van der Waals surface area contributed by atoms with Gasteiger partial charge < -0.3 is 0 Å². The van der Waals surface area contributed by atoms with Gasteiger partial charge in [0.25, 0.3) is 0 Å². The van der Waals surface area contributed by atoms with E-state index in [9.17, 15) is 0 Å². The van der Waals surface area contributed by atoms with Crippen LogP contribution in [-0.4, -0.2) is 18.8 Å². The number of hydrogen-bond acceptors (Lipinski definition) is 3. The molecule has 0 atom stereocenters. The predicted octanol–water partition coefficient (Wildman–Crippen LogP) is -1.14. The Hall–Kier alpha value is 1.09. The lowest BCUT2D eigenvalue weighted by atomic mass is 15.9. The molecule has 0 saturated heterocycles. The van der Waals surface area contributed by atoms with Gasteiger partial charge in [0.2, 0.25) is 0 Å². The lowest BCUT2D eigenvalue weighted by Crippen LogP contribution is -1.55. The fourth-order valence-electron chi connectivity index (χ4n) is 0.0680. The van der Waals surface area contributed by atoms with E-state index < -0.39 is 0 Å². The SMILES string of the molecule is [SiH3]SOS[SiH3]. The summed E-state index contributed by atoms with van der Waals surface area (Å²) in [6.07, 6.45) is 0. The van der Waals surface area contributed by atoms with Crippen molar-refractivity contribution in [2.75, 3.05) is 0 Å². The maximum atomic E-state index is 4.79. The van der Waals surface area contributed by atoms with Crippen LogP contribution in [0, 0.1) is 0 Å². The highest BCUT2D eigenvalue weighted by molar-refractivity contribution is 8.27. The monoisotopic (exact) mass is 142 g/mol. The highest BCUT2D eigenvalue weighted by Crippen LogP contribution is 2.02. The third kappa shape index (κ3) is 5.09. The van der Waals surface area contributed by atoms with E-state index in [0.29, 0.717) is 0 Å². The van der Waals surface area contributed by atoms with Gasteiger partial charge in [-0.15, -0.1) is 0 Å². The van der Waals surface area contributed by atoms with Crippen LogP contribution in [0.5, 0.6) is 0 Å². The van der Waals surface area contributed by atoms with Crippen molar-refractivity contribution in [2.24, 2.45) is 0 Å². The summed E-state index contributed by atoms with van der Waals surface area (Å²) in [7, 11) is 2.19. The average Bonchev–Trinajstić information content (AvgIpc) is 1.41. The first-order valence-corrected chi connectivity index (χ1v) is 8.35. The van der Waals surface area contributed by atoms with E-state index in [2.05, 4.69) is 0 Å². The Morgan fingerprint density at radius 3 is 1.60 bits per heavy atom. The van der Waals surface area contributed by atoms with E-state index in [4.69, 9.17) is 3.63 Å². The van der Waals surface area contributed by atoms with Gasteiger partial charge in [0.05, 0.1) is 0 Å². The summed E-state index contributed by atoms with van der Waals surface area (Å²) in [6, 6.07) is 0. The maximum absolute atomic E-state index is 4.79. The smallest absolute Gasteiger partial charge is 0.107 e. The first-order chi connectivity index (χ1) is 2.41. The summed E-state index contributed by atoms with van der Waals surface area (Å²) in [5.41, 5.74) is 0. The Morgan fingerprint density at radius 2 is 1.60 bits per heavy atom. The summed E-state index contributed by atoms with van der Waals surface area (Å²) < 4.78 is 4.79. The van der Waals surface area contributed by atoms with Crippen LogP contribution in [0.2, 0.25) is 0 Å². The Balaban J connectivity index is 2.19. The van der Waals surface area contributed by atoms with E-state index in [0.717, 1.165) is 18.8 Å². The molecule has 0 aromatic carbocycles. The lowest BCUT2D eigenvalue weighted by molar-refractivity contribution is 0.782. The molecule has 0 unspecified atom stereocenters. The molecule has 0 N–H and O–H groups in total. The average molecular weight is 142 g/mol. The van der Waals surface area contributed by atoms with Gasteiger partial charge in [-0.05, 0) is 23.0 Å². The fraction of sp³-hybridized carbons (Fsp3) is 0. The van der Waals surface area contributed by atoms with E-state index in [1.807, 2.05) is 0 Å². The van der Waals surface area contributed by atoms with Crippen LogP contribution in [0.4, 0.5) is 0 Å². The molecule has 0 bridgehead atoms. The van der Waals surface area contributed by atoms with Crippen LogP contribution in [-0.2, 0) is 3.63 Å². The molecule has 0 aromatic heterocycles. The Morgan fingerprint density at radius 1 is 1.20 bits per heavy atom. The molecule has 0 heterocycles. The third-order valence-corrected chi connectivity index (χ3v) is 3.67. The van der Waals surface area contributed by atoms with Crippen molar-refractivity contribution in [3.63, 3.8) is 0 Å². The van der Waals surface area contributed by atoms with Crippen molar-refractivity contribution >= 4 is 41.8 Å². The highest BCUT2D eigenvalue weighted by atomic mass is 32.4. The molecule has 32 valence electrons. The van der Waals surface area contributed by atoms with Crippen molar-refractivity contribution in [2.45, 2.75) is 0 Å². The molecule has 0 fully saturated rings. The van der Waals surface area contributed by atoms with Crippen molar-refractivity contribution in [3.8, 4) is 0 Å². The normalized spacial score (nSPS) is 9.60. The zero-order valence-corrected chi connectivity index (χ0v) is 8.86. The molecular weight excluding hydrogens is 136 g/mol. The topological polar surface area (TPSA) is 9.23 Å². The number of rotatable bonds is 2. The van der Waals surface area contributed by atoms with Crippen LogP contribution >= 0.6 is 23.0 Å². The molecule has 0 spiro atoms. The Bertz CT molecular complexity index is 15.1. The quantitative estimate of drug-likeness (QED) is 0.356. The highest BCUT2D eigenvalue weighted by Gasteiger charge is 1.65. The molecule has 0 aliphatic rings. The Labute approximate surface area is 45.8 Å². The summed E-state index contributed by atoms with van der Waals surface area (Å²) >= 11 is 3.08. The minimum absolute atomic E-state index is 1.09. The van der Waals surface area contributed by atoms with E-state index in [-0.39, 0.29) is 0 Å². The summed E-state index contributed by atoms with van der Waals surface area (Å²) in [6.45, 7) is 0. The van der Waals surface area contributed by atoms with Crippen LogP contribution < -0.4 is 0 Å². The minimum Gasteiger partial charge on any atom is -0.263 e. The molecule has 0 aliphatic carbocycles. The van der Waals surface area contributed by atoms with Gasteiger partial charge in [-0.1, -0.05) is 0 Å². The second-order valence-corrected chi connectivity index (χ2v) is 3.61. The van der Waals surface area contributed by atoms with E-state index in [1.54, 1.807) is 0 Å². The molecule has 1 nitrogen and oxygen atoms in total. The van der Waals surface area contributed by atoms with Crippen LogP contribution in [0.3, 0.4) is 0 Å². The second kappa shape index (κ2) is 5.09. The van der Waals surface area contributed by atoms with Crippen LogP contribution in [0.25, 0.3) is 0 Å². The minimum atomic E-state index is 1.09. The largest absolute Gasteiger partial charge is 0.263 e. The standard InChI is InChI=1S/H6OS2Si2/c4-2-1-3-5/h4-5H3. The molecule has 0 aromatic rings. The second-order valence-electron chi connectivity index (χ2n) is 0.401. The van der Waals surface area contributed by atoms with Gasteiger partial charge in [0.1, 0.15) is 18.8 Å². The van der Waals surface area contributed by atoms with Crippen LogP contribution in [0.1, 0.15) is 0 Å². The van der Waals surface area contributed by atoms with Gasteiger partial charge in [0, 0.05) is 0 Å². The molecule has 0 amide bonds. The Kier molecular flexibility index (Phi) is 6.21. The van der Waals surface area contributed by atoms with Crippen LogP contribution in [0.15, 0.2) is 0 Å². The summed E-state index contributed by atoms with van der Waals surface area (Å²) in [5.74, 6) is 0. The number of hydrogen-bond donors (Lipinski definition) is 0. The van der Waals surface area contributed by atoms with Crippen molar-refractivity contribution in [3.05, 3.63) is 0 Å². The molecule has 0 rings (SSSR count). The zero-order chi connectivity index (χ0) is 4.12. The fourth-order valence-corrected chi connectivity index (χ4v) is 5.51. The molecule has 5 heteroatoms. The molecule has 0 saturated carbocycles. The summed E-state index contributed by atoms with van der Waals surface area (Å²) in [4.78, 5) is 0. The van der Waals surface area contributed by atoms with Gasteiger partial charge >= 0.3 is 0 Å². The van der Waals surface area contributed by atoms with Gasteiger partial charge in [-0.2, -0.15) is 0 Å². The lowest BCUT2D eigenvalue weighted by Gasteiger charge is -1.83. The predicted molar refractivity (Wildman–Crippen MR) is 36.1 cm³/mol. The molecule has 0 radical (unpaired) electrons. The molecule has 0 aliphatic heterocycles. The molecular formula is H6OS2Si2. The maximum Gasteiger partial charge on any atom is 0.107 e. The zero-order valence-electron chi connectivity index (χ0n) is 3.22. The third-order valence-electron chi connectivity index (χ3n) is 0.136. The van der Waals surface area contributed by atoms with E-state index >= 15 is 0 Å². The van der Waals surface area contributed by atoms with Crippen molar-refractivity contribution in [1.82, 2.24) is 0 Å². The van der Waals surface area contributed by atoms with Gasteiger partial charge in [-0.3, -0.25) is 3.63 Å². The molecule has 5 heavy (non-hydrogen) atoms. The first kappa shape index (κ1) is 6.09. The van der Waals surface area contributed by atoms with Gasteiger partial charge in [-0.25, -0.2) is 0 Å². The summed E-state index contributed by atoms with van der Waals surface area (Å²) in [5, 5.41) is 0. The first-order valence-electron chi connectivity index (χ1n) is 1.15. The van der Waals surface area contributed by atoms with Gasteiger partial charge in [0.15, 0.2) is 0 Å².